The number of aromatic nitrogens is 1. The number of nitrogens with zero attached hydrogens (tertiary/aromatic N) is 1. The summed E-state index contributed by atoms with van der Waals surface area (Å²) >= 11 is 1.71. The van der Waals surface area contributed by atoms with Gasteiger partial charge in [-0.3, -0.25) is 0 Å². The first-order valence-corrected chi connectivity index (χ1v) is 6.83. The molecule has 1 fully saturated rings. The molecule has 0 unspecified atom stereocenters. The van der Waals surface area contributed by atoms with Crippen molar-refractivity contribution in [2.24, 2.45) is 5.73 Å². The highest BCUT2D eigenvalue weighted by Gasteiger charge is 2.29. The highest BCUT2D eigenvalue weighted by molar-refractivity contribution is 7.09. The van der Waals surface area contributed by atoms with Crippen LogP contribution in [0.5, 0.6) is 0 Å². The molecule has 90 valence electrons. The SMILES string of the molecule is Cc1ncsc1CCOCC1(N)CCCC1. The second kappa shape index (κ2) is 5.25. The fourth-order valence-corrected chi connectivity index (χ4v) is 2.99. The molecule has 0 spiro atoms. The first kappa shape index (κ1) is 12.0. The van der Waals surface area contributed by atoms with Crippen LogP contribution in [0.25, 0.3) is 0 Å². The molecule has 0 radical (unpaired) electrons. The van der Waals surface area contributed by atoms with Crippen molar-refractivity contribution < 1.29 is 4.74 Å². The molecule has 0 aliphatic heterocycles. The normalized spacial score (nSPS) is 19.1. The third-order valence-corrected chi connectivity index (χ3v) is 4.30. The second-order valence-corrected chi connectivity index (χ2v) is 5.67. The number of ether oxygens (including phenoxy) is 1. The van der Waals surface area contributed by atoms with Crippen molar-refractivity contribution in [3.05, 3.63) is 16.1 Å². The van der Waals surface area contributed by atoms with E-state index in [-0.39, 0.29) is 5.54 Å². The van der Waals surface area contributed by atoms with E-state index in [4.69, 9.17) is 10.5 Å². The fourth-order valence-electron chi connectivity index (χ4n) is 2.23. The van der Waals surface area contributed by atoms with Gasteiger partial charge in [0.15, 0.2) is 0 Å². The smallest absolute Gasteiger partial charge is 0.0797 e. The van der Waals surface area contributed by atoms with Gasteiger partial charge in [-0.1, -0.05) is 12.8 Å². The van der Waals surface area contributed by atoms with Crippen LogP contribution in [0.1, 0.15) is 36.3 Å². The number of thiazole rings is 1. The highest BCUT2D eigenvalue weighted by atomic mass is 32.1. The molecule has 1 aliphatic carbocycles. The molecule has 1 aromatic rings. The first-order valence-electron chi connectivity index (χ1n) is 5.95. The lowest BCUT2D eigenvalue weighted by atomic mass is 10.0. The third-order valence-electron chi connectivity index (χ3n) is 3.31. The Morgan fingerprint density at radius 2 is 2.25 bits per heavy atom. The van der Waals surface area contributed by atoms with Gasteiger partial charge in [0, 0.05) is 16.8 Å². The van der Waals surface area contributed by atoms with Crippen molar-refractivity contribution in [2.45, 2.75) is 44.6 Å². The zero-order valence-corrected chi connectivity index (χ0v) is 10.7. The van der Waals surface area contributed by atoms with Gasteiger partial charge in [0.25, 0.3) is 0 Å². The molecule has 0 aromatic carbocycles. The molecule has 1 aliphatic rings. The van der Waals surface area contributed by atoms with Crippen molar-refractivity contribution in [1.82, 2.24) is 4.98 Å². The predicted octanol–water partition coefficient (Wildman–Crippen LogP) is 2.28. The van der Waals surface area contributed by atoms with Crippen molar-refractivity contribution in [2.75, 3.05) is 13.2 Å². The zero-order chi connectivity index (χ0) is 11.4. The van der Waals surface area contributed by atoms with E-state index >= 15 is 0 Å². The fraction of sp³-hybridized carbons (Fsp3) is 0.750. The van der Waals surface area contributed by atoms with Crippen LogP contribution in [0.2, 0.25) is 0 Å². The van der Waals surface area contributed by atoms with Gasteiger partial charge in [-0.15, -0.1) is 11.3 Å². The summed E-state index contributed by atoms with van der Waals surface area (Å²) in [5.41, 5.74) is 9.21. The number of hydrogen-bond donors (Lipinski definition) is 1. The van der Waals surface area contributed by atoms with E-state index in [1.165, 1.54) is 17.7 Å². The zero-order valence-electron chi connectivity index (χ0n) is 9.87. The Labute approximate surface area is 101 Å². The standard InChI is InChI=1S/C12H20N2OS/c1-10-11(16-9-14-10)4-7-15-8-12(13)5-2-3-6-12/h9H,2-8,13H2,1H3. The van der Waals surface area contributed by atoms with Crippen LogP contribution in [0.4, 0.5) is 0 Å². The van der Waals surface area contributed by atoms with Gasteiger partial charge in [0.1, 0.15) is 0 Å². The molecule has 0 amide bonds. The summed E-state index contributed by atoms with van der Waals surface area (Å²) in [7, 11) is 0. The molecule has 2 N–H and O–H groups in total. The molecule has 2 rings (SSSR count). The minimum atomic E-state index is -0.0389. The van der Waals surface area contributed by atoms with Crippen molar-refractivity contribution in [3.63, 3.8) is 0 Å². The van der Waals surface area contributed by atoms with E-state index in [1.54, 1.807) is 11.3 Å². The van der Waals surface area contributed by atoms with Crippen LogP contribution < -0.4 is 5.73 Å². The number of aryl methyl sites for hydroxylation is 1. The monoisotopic (exact) mass is 240 g/mol. The maximum absolute atomic E-state index is 6.21. The van der Waals surface area contributed by atoms with Crippen LogP contribution in [0.3, 0.4) is 0 Å². The van der Waals surface area contributed by atoms with Gasteiger partial charge in [0.2, 0.25) is 0 Å². The van der Waals surface area contributed by atoms with Gasteiger partial charge in [-0.2, -0.15) is 0 Å². The van der Waals surface area contributed by atoms with Crippen molar-refractivity contribution in [3.8, 4) is 0 Å². The average molecular weight is 240 g/mol. The average Bonchev–Trinajstić information content (AvgIpc) is 2.84. The predicted molar refractivity (Wildman–Crippen MR) is 66.8 cm³/mol. The molecule has 0 atom stereocenters. The Bertz CT molecular complexity index is 332. The summed E-state index contributed by atoms with van der Waals surface area (Å²) < 4.78 is 5.70. The van der Waals surface area contributed by atoms with Crippen molar-refractivity contribution >= 4 is 11.3 Å². The Hall–Kier alpha value is -0.450. The topological polar surface area (TPSA) is 48.1 Å². The van der Waals surface area contributed by atoms with Gasteiger partial charge in [0.05, 0.1) is 24.4 Å². The summed E-state index contributed by atoms with van der Waals surface area (Å²) in [4.78, 5) is 5.56. The number of nitrogens with two attached hydrogens (primary N) is 1. The molecule has 1 heterocycles. The van der Waals surface area contributed by atoms with Crippen molar-refractivity contribution in [1.29, 1.82) is 0 Å². The van der Waals surface area contributed by atoms with Gasteiger partial charge in [-0.25, -0.2) is 4.98 Å². The van der Waals surface area contributed by atoms with E-state index in [2.05, 4.69) is 4.98 Å². The lowest BCUT2D eigenvalue weighted by Crippen LogP contribution is -2.41. The Morgan fingerprint density at radius 3 is 2.88 bits per heavy atom. The molecule has 16 heavy (non-hydrogen) atoms. The quantitative estimate of drug-likeness (QED) is 0.803. The molecule has 1 aromatic heterocycles. The van der Waals surface area contributed by atoms with E-state index in [0.29, 0.717) is 6.61 Å². The minimum Gasteiger partial charge on any atom is -0.379 e. The summed E-state index contributed by atoms with van der Waals surface area (Å²) in [6.07, 6.45) is 5.72. The lowest BCUT2D eigenvalue weighted by molar-refractivity contribution is 0.0893. The molecule has 1 saturated carbocycles. The summed E-state index contributed by atoms with van der Waals surface area (Å²) in [5, 5.41) is 0. The molecule has 0 bridgehead atoms. The van der Waals surface area contributed by atoms with E-state index < -0.39 is 0 Å². The Balaban J connectivity index is 1.67. The third kappa shape index (κ3) is 3.03. The van der Waals surface area contributed by atoms with Crippen LogP contribution in [-0.4, -0.2) is 23.7 Å². The highest BCUT2D eigenvalue weighted by Crippen LogP contribution is 2.27. The van der Waals surface area contributed by atoms with Gasteiger partial charge >= 0.3 is 0 Å². The van der Waals surface area contributed by atoms with Gasteiger partial charge < -0.3 is 10.5 Å². The van der Waals surface area contributed by atoms with E-state index in [0.717, 1.165) is 31.6 Å². The minimum absolute atomic E-state index is 0.0389. The Morgan fingerprint density at radius 1 is 1.50 bits per heavy atom. The Kier molecular flexibility index (Phi) is 3.95. The molecule has 0 saturated heterocycles. The summed E-state index contributed by atoms with van der Waals surface area (Å²) in [5.74, 6) is 0. The van der Waals surface area contributed by atoms with Crippen LogP contribution in [-0.2, 0) is 11.2 Å². The first-order chi connectivity index (χ1) is 7.70. The van der Waals surface area contributed by atoms with Crippen LogP contribution >= 0.6 is 11.3 Å². The van der Waals surface area contributed by atoms with E-state index in [1.807, 2.05) is 12.4 Å². The second-order valence-electron chi connectivity index (χ2n) is 4.73. The molecule has 4 heteroatoms. The maximum Gasteiger partial charge on any atom is 0.0797 e. The van der Waals surface area contributed by atoms with Crippen LogP contribution in [0, 0.1) is 6.92 Å². The van der Waals surface area contributed by atoms with E-state index in [9.17, 15) is 0 Å². The van der Waals surface area contributed by atoms with Gasteiger partial charge in [-0.05, 0) is 19.8 Å². The maximum atomic E-state index is 6.21. The summed E-state index contributed by atoms with van der Waals surface area (Å²) in [6, 6.07) is 0. The molecular weight excluding hydrogens is 220 g/mol. The molecule has 3 nitrogen and oxygen atoms in total. The van der Waals surface area contributed by atoms with Crippen LogP contribution in [0.15, 0.2) is 5.51 Å². The molecular formula is C12H20N2OS. The number of hydrogen-bond acceptors (Lipinski definition) is 4. The summed E-state index contributed by atoms with van der Waals surface area (Å²) in [6.45, 7) is 3.53. The number of rotatable bonds is 5. The lowest BCUT2D eigenvalue weighted by Gasteiger charge is -2.22. The largest absolute Gasteiger partial charge is 0.379 e.